The van der Waals surface area contributed by atoms with E-state index in [1.165, 1.54) is 4.90 Å². The number of benzene rings is 2. The third kappa shape index (κ3) is 5.33. The van der Waals surface area contributed by atoms with E-state index in [-0.39, 0.29) is 11.9 Å². The Labute approximate surface area is 219 Å². The van der Waals surface area contributed by atoms with E-state index in [9.17, 15) is 9.59 Å². The lowest BCUT2D eigenvalue weighted by atomic mass is 9.91. The zero-order valence-corrected chi connectivity index (χ0v) is 22.0. The molecule has 0 aromatic heterocycles. The van der Waals surface area contributed by atoms with Gasteiger partial charge in [0.15, 0.2) is 11.7 Å². The van der Waals surface area contributed by atoms with Crippen molar-refractivity contribution < 1.29 is 14.3 Å². The van der Waals surface area contributed by atoms with Gasteiger partial charge < -0.3 is 10.5 Å². The summed E-state index contributed by atoms with van der Waals surface area (Å²) in [5.41, 5.74) is 11.1. The van der Waals surface area contributed by atoms with Crippen molar-refractivity contribution in [1.29, 1.82) is 0 Å². The molecule has 4 rings (SSSR count). The highest BCUT2D eigenvalue weighted by Crippen LogP contribution is 2.40. The number of nitrogens with zero attached hydrogens (tertiary/aromatic N) is 4. The number of amidine groups is 1. The molecule has 9 heteroatoms. The normalized spacial score (nSPS) is 21.4. The quantitative estimate of drug-likeness (QED) is 0.339. The largest absolute Gasteiger partial charge is 0.399 e. The van der Waals surface area contributed by atoms with Gasteiger partial charge in [-0.25, -0.2) is 15.2 Å². The van der Waals surface area contributed by atoms with Crippen molar-refractivity contribution in [3.05, 3.63) is 65.7 Å². The summed E-state index contributed by atoms with van der Waals surface area (Å²) in [5, 5.41) is 1.91. The first-order valence-electron chi connectivity index (χ1n) is 13.1. The van der Waals surface area contributed by atoms with Gasteiger partial charge in [-0.2, -0.15) is 0 Å². The topological polar surface area (TPSA) is 104 Å². The number of aliphatic imine (C=N–C) groups is 1. The summed E-state index contributed by atoms with van der Waals surface area (Å²) in [6.07, 6.45) is 2.28. The number of carbonyl (C=O) groups excluding carboxylic acids is 2. The number of rotatable bonds is 12. The first kappa shape index (κ1) is 26.6. The molecule has 9 nitrogen and oxygen atoms in total. The minimum Gasteiger partial charge on any atom is -0.399 e. The minimum absolute atomic E-state index is 0.223. The summed E-state index contributed by atoms with van der Waals surface area (Å²) in [7, 11) is 1.62. The predicted molar refractivity (Wildman–Crippen MR) is 145 cm³/mol. The molecule has 0 spiro atoms. The molecule has 3 amide bonds. The van der Waals surface area contributed by atoms with Crippen LogP contribution in [0.1, 0.15) is 37.8 Å². The zero-order chi connectivity index (χ0) is 26.4. The van der Waals surface area contributed by atoms with Crippen molar-refractivity contribution in [1.82, 2.24) is 20.2 Å². The molecule has 2 aliphatic heterocycles. The number of hydrazine groups is 1. The maximum Gasteiger partial charge on any atom is 0.328 e. The maximum absolute atomic E-state index is 14.0. The molecular formula is C28H38N6O3. The standard InChI is InChI=1S/C28H38N6O3/c1-4-28-25(34(30-5-2)24(31-28)20-22-10-7-6-8-11-22)26(35)32(17-9-19-37-3)27(36)33(28)18-16-21-12-14-23(29)15-13-21/h6-8,10-15,25,30H,4-5,9,16-20,29H2,1-3H3. The number of nitrogens with two attached hydrogens (primary N) is 1. The average Bonchev–Trinajstić information content (AvgIpc) is 3.21. The van der Waals surface area contributed by atoms with Gasteiger partial charge in [0.1, 0.15) is 5.84 Å². The summed E-state index contributed by atoms with van der Waals surface area (Å²) < 4.78 is 5.20. The lowest BCUT2D eigenvalue weighted by Crippen LogP contribution is -2.73. The predicted octanol–water partition coefficient (Wildman–Crippen LogP) is 3.07. The van der Waals surface area contributed by atoms with Crippen LogP contribution in [0.2, 0.25) is 0 Å². The third-order valence-electron chi connectivity index (χ3n) is 7.11. The summed E-state index contributed by atoms with van der Waals surface area (Å²) in [4.78, 5) is 36.3. The summed E-state index contributed by atoms with van der Waals surface area (Å²) in [6, 6.07) is 16.8. The molecular weight excluding hydrogens is 468 g/mol. The van der Waals surface area contributed by atoms with Gasteiger partial charge in [-0.15, -0.1) is 0 Å². The molecule has 0 aliphatic carbocycles. The molecule has 2 aromatic carbocycles. The van der Waals surface area contributed by atoms with Crippen molar-refractivity contribution in [2.24, 2.45) is 4.99 Å². The molecule has 0 bridgehead atoms. The highest BCUT2D eigenvalue weighted by molar-refractivity contribution is 6.05. The lowest BCUT2D eigenvalue weighted by Gasteiger charge is -2.50. The summed E-state index contributed by atoms with van der Waals surface area (Å²) >= 11 is 0. The number of fused-ring (bicyclic) bond motifs is 1. The average molecular weight is 507 g/mol. The number of nitrogens with one attached hydrogen (secondary N) is 1. The Bertz CT molecular complexity index is 1110. The molecule has 2 unspecified atom stereocenters. The fraction of sp³-hybridized carbons (Fsp3) is 0.464. The molecule has 1 saturated heterocycles. The van der Waals surface area contributed by atoms with Gasteiger partial charge in [-0.05, 0) is 42.5 Å². The fourth-order valence-corrected chi connectivity index (χ4v) is 5.27. The number of hydrogen-bond acceptors (Lipinski definition) is 7. The molecule has 2 atom stereocenters. The van der Waals surface area contributed by atoms with E-state index in [1.807, 2.05) is 66.2 Å². The van der Waals surface area contributed by atoms with Gasteiger partial charge in [0, 0.05) is 45.5 Å². The molecule has 2 aliphatic rings. The number of nitrogen functional groups attached to an aromatic ring is 1. The smallest absolute Gasteiger partial charge is 0.328 e. The maximum atomic E-state index is 14.0. The molecule has 3 N–H and O–H groups in total. The van der Waals surface area contributed by atoms with E-state index in [0.717, 1.165) is 17.0 Å². The first-order chi connectivity index (χ1) is 17.9. The summed E-state index contributed by atoms with van der Waals surface area (Å²) in [6.45, 7) is 5.83. The van der Waals surface area contributed by atoms with Crippen molar-refractivity contribution in [2.45, 2.75) is 51.2 Å². The Kier molecular flexibility index (Phi) is 8.45. The van der Waals surface area contributed by atoms with Gasteiger partial charge in [-0.3, -0.25) is 19.6 Å². The van der Waals surface area contributed by atoms with E-state index in [4.69, 9.17) is 15.5 Å². The zero-order valence-electron chi connectivity index (χ0n) is 22.0. The van der Waals surface area contributed by atoms with Gasteiger partial charge >= 0.3 is 6.03 Å². The van der Waals surface area contributed by atoms with Crippen molar-refractivity contribution in [3.8, 4) is 0 Å². The number of amides is 3. The van der Waals surface area contributed by atoms with Gasteiger partial charge in [0.25, 0.3) is 5.91 Å². The van der Waals surface area contributed by atoms with Crippen molar-refractivity contribution in [2.75, 3.05) is 39.1 Å². The highest BCUT2D eigenvalue weighted by Gasteiger charge is 2.62. The monoisotopic (exact) mass is 506 g/mol. The second kappa shape index (κ2) is 11.7. The first-order valence-corrected chi connectivity index (χ1v) is 13.1. The number of methoxy groups -OCH3 is 1. The van der Waals surface area contributed by atoms with E-state index in [2.05, 4.69) is 17.6 Å². The molecule has 0 radical (unpaired) electrons. The third-order valence-corrected chi connectivity index (χ3v) is 7.11. The number of imide groups is 1. The number of ether oxygens (including phenoxy) is 1. The highest BCUT2D eigenvalue weighted by atomic mass is 16.5. The minimum atomic E-state index is -0.994. The Morgan fingerprint density at radius 3 is 2.41 bits per heavy atom. The van der Waals surface area contributed by atoms with E-state index >= 15 is 0 Å². The van der Waals surface area contributed by atoms with Crippen LogP contribution in [0.15, 0.2) is 59.6 Å². The Balaban J connectivity index is 1.73. The van der Waals surface area contributed by atoms with E-state index in [1.54, 1.807) is 7.11 Å². The summed E-state index contributed by atoms with van der Waals surface area (Å²) in [5.74, 6) is 0.539. The van der Waals surface area contributed by atoms with Crippen LogP contribution in [-0.4, -0.2) is 77.6 Å². The van der Waals surface area contributed by atoms with Crippen LogP contribution < -0.4 is 11.2 Å². The van der Waals surface area contributed by atoms with Gasteiger partial charge in [0.05, 0.1) is 0 Å². The Morgan fingerprint density at radius 1 is 1.03 bits per heavy atom. The molecule has 37 heavy (non-hydrogen) atoms. The number of anilines is 1. The SMILES string of the molecule is CCNN1C(Cc2ccccc2)=NC2(CC)C1C(=O)N(CCCOC)C(=O)N2CCc1ccc(N)cc1. The molecule has 198 valence electrons. The second-order valence-electron chi connectivity index (χ2n) is 9.47. The molecule has 1 fully saturated rings. The van der Waals surface area contributed by atoms with Gasteiger partial charge in [0.2, 0.25) is 0 Å². The van der Waals surface area contributed by atoms with E-state index < -0.39 is 11.7 Å². The van der Waals surface area contributed by atoms with Crippen LogP contribution in [-0.2, 0) is 22.4 Å². The van der Waals surface area contributed by atoms with Crippen molar-refractivity contribution >= 4 is 23.5 Å². The Morgan fingerprint density at radius 2 is 1.76 bits per heavy atom. The lowest BCUT2D eigenvalue weighted by molar-refractivity contribution is -0.144. The van der Waals surface area contributed by atoms with Crippen LogP contribution in [0.5, 0.6) is 0 Å². The molecule has 2 aromatic rings. The van der Waals surface area contributed by atoms with E-state index in [0.29, 0.717) is 57.6 Å². The van der Waals surface area contributed by atoms with Crippen LogP contribution in [0.25, 0.3) is 0 Å². The number of urea groups is 1. The second-order valence-corrected chi connectivity index (χ2v) is 9.47. The molecule has 0 saturated carbocycles. The van der Waals surface area contributed by atoms with Crippen LogP contribution >= 0.6 is 0 Å². The van der Waals surface area contributed by atoms with Crippen LogP contribution in [0, 0.1) is 0 Å². The number of carbonyl (C=O) groups is 2. The fourth-order valence-electron chi connectivity index (χ4n) is 5.27. The molecule has 2 heterocycles. The van der Waals surface area contributed by atoms with Crippen molar-refractivity contribution in [3.63, 3.8) is 0 Å². The van der Waals surface area contributed by atoms with Crippen LogP contribution in [0.4, 0.5) is 10.5 Å². The Hall–Kier alpha value is -3.43. The van der Waals surface area contributed by atoms with Gasteiger partial charge in [-0.1, -0.05) is 56.3 Å². The van der Waals surface area contributed by atoms with Crippen LogP contribution in [0.3, 0.4) is 0 Å². The number of hydrogen-bond donors (Lipinski definition) is 2.